The van der Waals surface area contributed by atoms with E-state index in [4.69, 9.17) is 4.74 Å². The summed E-state index contributed by atoms with van der Waals surface area (Å²) in [5.41, 5.74) is 3.73. The third-order valence-corrected chi connectivity index (χ3v) is 3.89. The van der Waals surface area contributed by atoms with Crippen LogP contribution in [0.4, 0.5) is 18.9 Å². The van der Waals surface area contributed by atoms with Crippen molar-refractivity contribution in [1.82, 2.24) is 0 Å². The maximum absolute atomic E-state index is 12.3. The first kappa shape index (κ1) is 15.5. The van der Waals surface area contributed by atoms with E-state index < -0.39 is 6.36 Å². The second kappa shape index (κ2) is 5.68. The molecule has 1 N–H and O–H groups in total. The standard InChI is InChI=1S/C17H16F3NO2/c1-10-7-11(3-6-16(10)22-2)15-9-12-8-13(23-17(18,19)20)4-5-14(12)21-15/h3-8,15,21H,9H2,1-2H3. The van der Waals surface area contributed by atoms with Gasteiger partial charge in [0, 0.05) is 5.69 Å². The lowest BCUT2D eigenvalue weighted by Crippen LogP contribution is -2.17. The molecule has 0 saturated heterocycles. The highest BCUT2D eigenvalue weighted by molar-refractivity contribution is 5.60. The van der Waals surface area contributed by atoms with Crippen molar-refractivity contribution in [3.8, 4) is 11.5 Å². The van der Waals surface area contributed by atoms with Crippen molar-refractivity contribution >= 4 is 5.69 Å². The molecule has 0 saturated carbocycles. The molecule has 0 fully saturated rings. The summed E-state index contributed by atoms with van der Waals surface area (Å²) in [5.74, 6) is 0.620. The minimum Gasteiger partial charge on any atom is -0.496 e. The van der Waals surface area contributed by atoms with Gasteiger partial charge in [0.25, 0.3) is 0 Å². The third kappa shape index (κ3) is 3.36. The molecular formula is C17H16F3NO2. The van der Waals surface area contributed by atoms with Crippen LogP contribution in [0.2, 0.25) is 0 Å². The molecule has 1 atom stereocenters. The van der Waals surface area contributed by atoms with Gasteiger partial charge in [0.2, 0.25) is 0 Å². The molecule has 0 radical (unpaired) electrons. The summed E-state index contributed by atoms with van der Waals surface area (Å²) < 4.78 is 46.1. The Morgan fingerprint density at radius 3 is 2.57 bits per heavy atom. The SMILES string of the molecule is COc1ccc(C2Cc3cc(OC(F)(F)F)ccc3N2)cc1C. The number of nitrogens with one attached hydrogen (secondary N) is 1. The van der Waals surface area contributed by atoms with Crippen LogP contribution >= 0.6 is 0 Å². The van der Waals surface area contributed by atoms with E-state index in [1.54, 1.807) is 13.2 Å². The maximum atomic E-state index is 12.3. The number of aryl methyl sites for hydroxylation is 1. The lowest BCUT2D eigenvalue weighted by molar-refractivity contribution is -0.274. The highest BCUT2D eigenvalue weighted by atomic mass is 19.4. The zero-order valence-electron chi connectivity index (χ0n) is 12.7. The molecule has 2 aromatic carbocycles. The number of halogens is 3. The first-order chi connectivity index (χ1) is 10.9. The summed E-state index contributed by atoms with van der Waals surface area (Å²) >= 11 is 0. The number of rotatable bonds is 3. The van der Waals surface area contributed by atoms with E-state index >= 15 is 0 Å². The molecule has 1 unspecified atom stereocenters. The van der Waals surface area contributed by atoms with E-state index in [2.05, 4.69) is 10.1 Å². The number of hydrogen-bond donors (Lipinski definition) is 1. The Morgan fingerprint density at radius 1 is 1.13 bits per heavy atom. The normalized spacial score (nSPS) is 16.7. The van der Waals surface area contributed by atoms with E-state index in [0.29, 0.717) is 6.42 Å². The van der Waals surface area contributed by atoms with Crippen LogP contribution in [0, 0.1) is 6.92 Å². The molecule has 0 aromatic heterocycles. The van der Waals surface area contributed by atoms with E-state index in [1.165, 1.54) is 12.1 Å². The highest BCUT2D eigenvalue weighted by Gasteiger charge is 2.32. The summed E-state index contributed by atoms with van der Waals surface area (Å²) in [6.45, 7) is 1.96. The minimum atomic E-state index is -4.67. The number of alkyl halides is 3. The molecule has 122 valence electrons. The van der Waals surface area contributed by atoms with Gasteiger partial charge in [0.05, 0.1) is 13.2 Å². The van der Waals surface area contributed by atoms with Gasteiger partial charge >= 0.3 is 6.36 Å². The zero-order valence-corrected chi connectivity index (χ0v) is 12.7. The van der Waals surface area contributed by atoms with Crippen molar-refractivity contribution < 1.29 is 22.6 Å². The van der Waals surface area contributed by atoms with Gasteiger partial charge in [-0.3, -0.25) is 0 Å². The van der Waals surface area contributed by atoms with Crippen LogP contribution in [-0.2, 0) is 6.42 Å². The fourth-order valence-corrected chi connectivity index (χ4v) is 2.86. The van der Waals surface area contributed by atoms with Crippen molar-refractivity contribution in [1.29, 1.82) is 0 Å². The Bertz CT molecular complexity index is 728. The Hall–Kier alpha value is -2.37. The van der Waals surface area contributed by atoms with Crippen LogP contribution in [0.15, 0.2) is 36.4 Å². The lowest BCUT2D eigenvalue weighted by atomic mass is 10.0. The van der Waals surface area contributed by atoms with Gasteiger partial charge in [-0.1, -0.05) is 12.1 Å². The van der Waals surface area contributed by atoms with Crippen molar-refractivity contribution in [3.05, 3.63) is 53.1 Å². The second-order valence-corrected chi connectivity index (χ2v) is 5.50. The Morgan fingerprint density at radius 2 is 1.91 bits per heavy atom. The van der Waals surface area contributed by atoms with Gasteiger partial charge in [-0.05, 0) is 54.3 Å². The first-order valence-electron chi connectivity index (χ1n) is 7.15. The number of hydrogen-bond acceptors (Lipinski definition) is 3. The molecule has 3 rings (SSSR count). The molecule has 6 heteroatoms. The molecule has 2 aromatic rings. The number of methoxy groups -OCH3 is 1. The highest BCUT2D eigenvalue weighted by Crippen LogP contribution is 2.38. The van der Waals surface area contributed by atoms with E-state index in [0.717, 1.165) is 28.1 Å². The van der Waals surface area contributed by atoms with Crippen LogP contribution < -0.4 is 14.8 Å². The molecule has 1 heterocycles. The molecule has 3 nitrogen and oxygen atoms in total. The average Bonchev–Trinajstić information content (AvgIpc) is 2.88. The lowest BCUT2D eigenvalue weighted by Gasteiger charge is -2.14. The topological polar surface area (TPSA) is 30.5 Å². The van der Waals surface area contributed by atoms with Crippen LogP contribution in [0.3, 0.4) is 0 Å². The molecule has 0 bridgehead atoms. The molecule has 1 aliphatic heterocycles. The van der Waals surface area contributed by atoms with Crippen molar-refractivity contribution in [2.75, 3.05) is 12.4 Å². The first-order valence-corrected chi connectivity index (χ1v) is 7.15. The van der Waals surface area contributed by atoms with Gasteiger partial charge in [-0.2, -0.15) is 0 Å². The summed E-state index contributed by atoms with van der Waals surface area (Å²) in [7, 11) is 1.62. The number of ether oxygens (including phenoxy) is 2. The molecular weight excluding hydrogens is 307 g/mol. The van der Waals surface area contributed by atoms with Gasteiger partial charge < -0.3 is 14.8 Å². The van der Waals surface area contributed by atoms with Crippen molar-refractivity contribution in [2.45, 2.75) is 25.7 Å². The quantitative estimate of drug-likeness (QED) is 0.894. The molecule has 0 spiro atoms. The van der Waals surface area contributed by atoms with E-state index in [9.17, 15) is 13.2 Å². The second-order valence-electron chi connectivity index (χ2n) is 5.50. The predicted molar refractivity (Wildman–Crippen MR) is 80.9 cm³/mol. The Balaban J connectivity index is 1.80. The summed E-state index contributed by atoms with van der Waals surface area (Å²) in [6.07, 6.45) is -4.07. The number of anilines is 1. The zero-order chi connectivity index (χ0) is 16.6. The van der Waals surface area contributed by atoms with Crippen LogP contribution in [0.5, 0.6) is 11.5 Å². The number of benzene rings is 2. The average molecular weight is 323 g/mol. The molecule has 1 aliphatic rings. The van der Waals surface area contributed by atoms with E-state index in [1.807, 2.05) is 25.1 Å². The van der Waals surface area contributed by atoms with Gasteiger partial charge in [-0.15, -0.1) is 13.2 Å². The summed E-state index contributed by atoms with van der Waals surface area (Å²) in [5, 5.41) is 3.33. The van der Waals surface area contributed by atoms with Gasteiger partial charge in [0.1, 0.15) is 11.5 Å². The van der Waals surface area contributed by atoms with Gasteiger partial charge in [0.15, 0.2) is 0 Å². The fourth-order valence-electron chi connectivity index (χ4n) is 2.86. The molecule has 0 amide bonds. The Kier molecular flexibility index (Phi) is 3.83. The van der Waals surface area contributed by atoms with Crippen LogP contribution in [-0.4, -0.2) is 13.5 Å². The van der Waals surface area contributed by atoms with Gasteiger partial charge in [-0.25, -0.2) is 0 Å². The van der Waals surface area contributed by atoms with Crippen molar-refractivity contribution in [2.24, 2.45) is 0 Å². The fraction of sp³-hybridized carbons (Fsp3) is 0.294. The largest absolute Gasteiger partial charge is 0.573 e. The smallest absolute Gasteiger partial charge is 0.496 e. The van der Waals surface area contributed by atoms with E-state index in [-0.39, 0.29) is 11.8 Å². The van der Waals surface area contributed by atoms with Crippen molar-refractivity contribution in [3.63, 3.8) is 0 Å². The summed E-state index contributed by atoms with van der Waals surface area (Å²) in [6, 6.07) is 10.3. The number of fused-ring (bicyclic) bond motifs is 1. The minimum absolute atomic E-state index is 0.0238. The van der Waals surface area contributed by atoms with Crippen LogP contribution in [0.1, 0.15) is 22.7 Å². The Labute approximate surface area is 132 Å². The van der Waals surface area contributed by atoms with Crippen LogP contribution in [0.25, 0.3) is 0 Å². The molecule has 0 aliphatic carbocycles. The maximum Gasteiger partial charge on any atom is 0.573 e. The third-order valence-electron chi connectivity index (χ3n) is 3.89. The summed E-state index contributed by atoms with van der Waals surface area (Å²) in [4.78, 5) is 0. The monoisotopic (exact) mass is 323 g/mol. The predicted octanol–water partition coefficient (Wildman–Crippen LogP) is 4.61. The molecule has 23 heavy (non-hydrogen) atoms.